The normalized spacial score (nSPS) is 20.0. The number of ether oxygens (including phenoxy) is 1. The molecule has 0 aromatic carbocycles. The Balaban J connectivity index is 2.44. The smallest absolute Gasteiger partial charge is 0.0589 e. The van der Waals surface area contributed by atoms with Crippen molar-refractivity contribution in [3.05, 3.63) is 0 Å². The Morgan fingerprint density at radius 2 is 2.07 bits per heavy atom. The predicted molar refractivity (Wildman–Crippen MR) is 63.9 cm³/mol. The van der Waals surface area contributed by atoms with Crippen molar-refractivity contribution in [2.75, 3.05) is 33.4 Å². The lowest BCUT2D eigenvalue weighted by atomic mass is 9.96. The summed E-state index contributed by atoms with van der Waals surface area (Å²) in [5.74, 6) is 0.826. The minimum atomic E-state index is 0.577. The van der Waals surface area contributed by atoms with Gasteiger partial charge in [0.15, 0.2) is 0 Å². The molecule has 1 atom stereocenters. The van der Waals surface area contributed by atoms with Gasteiger partial charge in [0.2, 0.25) is 0 Å². The van der Waals surface area contributed by atoms with Crippen LogP contribution in [0, 0.1) is 5.92 Å². The van der Waals surface area contributed by atoms with E-state index in [1.807, 2.05) is 0 Å². The zero-order valence-electron chi connectivity index (χ0n) is 10.2. The van der Waals surface area contributed by atoms with Gasteiger partial charge in [-0.25, -0.2) is 0 Å². The van der Waals surface area contributed by atoms with E-state index in [4.69, 9.17) is 10.5 Å². The standard InChI is InChI=1S/C12H26N2O/c1-3-14(8-9-15-2)12(10-13)11-6-4-5-7-11/h11-12H,3-10,13H2,1-2H3. The monoisotopic (exact) mass is 214 g/mol. The number of nitrogens with two attached hydrogens (primary N) is 1. The molecule has 0 radical (unpaired) electrons. The third-order valence-corrected chi connectivity index (χ3v) is 3.64. The summed E-state index contributed by atoms with van der Waals surface area (Å²) in [4.78, 5) is 2.49. The molecule has 1 fully saturated rings. The van der Waals surface area contributed by atoms with E-state index in [2.05, 4.69) is 11.8 Å². The van der Waals surface area contributed by atoms with Crippen LogP contribution in [0.2, 0.25) is 0 Å². The number of methoxy groups -OCH3 is 1. The average Bonchev–Trinajstić information content (AvgIpc) is 2.77. The number of hydrogen-bond donors (Lipinski definition) is 1. The van der Waals surface area contributed by atoms with E-state index >= 15 is 0 Å². The first-order chi connectivity index (χ1) is 7.33. The maximum absolute atomic E-state index is 5.92. The molecule has 1 saturated carbocycles. The van der Waals surface area contributed by atoms with E-state index in [-0.39, 0.29) is 0 Å². The number of hydrogen-bond acceptors (Lipinski definition) is 3. The van der Waals surface area contributed by atoms with Crippen LogP contribution in [0.3, 0.4) is 0 Å². The van der Waals surface area contributed by atoms with Gasteiger partial charge in [0, 0.05) is 26.2 Å². The Morgan fingerprint density at radius 3 is 2.53 bits per heavy atom. The third kappa shape index (κ3) is 3.74. The van der Waals surface area contributed by atoms with Gasteiger partial charge < -0.3 is 10.5 Å². The van der Waals surface area contributed by atoms with Crippen molar-refractivity contribution in [3.63, 3.8) is 0 Å². The first kappa shape index (κ1) is 12.9. The van der Waals surface area contributed by atoms with Crippen LogP contribution in [0.4, 0.5) is 0 Å². The van der Waals surface area contributed by atoms with E-state index < -0.39 is 0 Å². The Labute approximate surface area is 94.0 Å². The quantitative estimate of drug-likeness (QED) is 0.697. The molecule has 15 heavy (non-hydrogen) atoms. The molecule has 0 amide bonds. The van der Waals surface area contributed by atoms with Crippen LogP contribution in [0.25, 0.3) is 0 Å². The zero-order chi connectivity index (χ0) is 11.1. The fourth-order valence-corrected chi connectivity index (χ4v) is 2.75. The molecule has 1 aliphatic carbocycles. The molecule has 0 aromatic rings. The maximum atomic E-state index is 5.92. The number of rotatable bonds is 7. The summed E-state index contributed by atoms with van der Waals surface area (Å²) in [5.41, 5.74) is 5.92. The van der Waals surface area contributed by atoms with Crippen LogP contribution in [-0.4, -0.2) is 44.3 Å². The van der Waals surface area contributed by atoms with Crippen LogP contribution in [0.15, 0.2) is 0 Å². The second-order valence-corrected chi connectivity index (χ2v) is 4.47. The Morgan fingerprint density at radius 1 is 1.40 bits per heavy atom. The Kier molecular flexibility index (Phi) is 6.22. The summed E-state index contributed by atoms with van der Waals surface area (Å²) in [7, 11) is 1.76. The molecular weight excluding hydrogens is 188 g/mol. The second-order valence-electron chi connectivity index (χ2n) is 4.47. The molecule has 3 nitrogen and oxygen atoms in total. The number of likely N-dealkylation sites (N-methyl/N-ethyl adjacent to an activating group) is 1. The highest BCUT2D eigenvalue weighted by Crippen LogP contribution is 2.29. The molecule has 0 aromatic heterocycles. The molecule has 1 rings (SSSR count). The summed E-state index contributed by atoms with van der Waals surface area (Å²) in [6.45, 7) is 5.93. The van der Waals surface area contributed by atoms with E-state index in [0.29, 0.717) is 6.04 Å². The molecule has 2 N–H and O–H groups in total. The Bertz CT molecular complexity index is 158. The summed E-state index contributed by atoms with van der Waals surface area (Å²) in [6, 6.07) is 0.577. The Hall–Kier alpha value is -0.120. The van der Waals surface area contributed by atoms with Crippen LogP contribution < -0.4 is 5.73 Å². The lowest BCUT2D eigenvalue weighted by Gasteiger charge is -2.33. The van der Waals surface area contributed by atoms with Gasteiger partial charge in [0.05, 0.1) is 6.61 Å². The molecule has 0 aliphatic heterocycles. The summed E-state index contributed by atoms with van der Waals surface area (Å²) in [6.07, 6.45) is 5.52. The van der Waals surface area contributed by atoms with Gasteiger partial charge in [-0.3, -0.25) is 4.90 Å². The van der Waals surface area contributed by atoms with Gasteiger partial charge >= 0.3 is 0 Å². The summed E-state index contributed by atoms with van der Waals surface area (Å²) < 4.78 is 5.15. The van der Waals surface area contributed by atoms with Crippen molar-refractivity contribution >= 4 is 0 Å². The minimum Gasteiger partial charge on any atom is -0.383 e. The van der Waals surface area contributed by atoms with Gasteiger partial charge in [0.25, 0.3) is 0 Å². The van der Waals surface area contributed by atoms with Crippen molar-refractivity contribution < 1.29 is 4.74 Å². The molecule has 1 aliphatic rings. The lowest BCUT2D eigenvalue weighted by molar-refractivity contribution is 0.101. The molecule has 0 saturated heterocycles. The average molecular weight is 214 g/mol. The van der Waals surface area contributed by atoms with E-state index in [9.17, 15) is 0 Å². The number of nitrogens with zero attached hydrogens (tertiary/aromatic N) is 1. The van der Waals surface area contributed by atoms with Gasteiger partial charge in [-0.1, -0.05) is 19.8 Å². The van der Waals surface area contributed by atoms with Crippen molar-refractivity contribution in [2.45, 2.75) is 38.6 Å². The molecule has 90 valence electrons. The molecule has 1 unspecified atom stereocenters. The molecule has 0 bridgehead atoms. The zero-order valence-corrected chi connectivity index (χ0v) is 10.2. The largest absolute Gasteiger partial charge is 0.383 e. The fourth-order valence-electron chi connectivity index (χ4n) is 2.75. The van der Waals surface area contributed by atoms with Gasteiger partial charge in [-0.05, 0) is 25.3 Å². The maximum Gasteiger partial charge on any atom is 0.0589 e. The lowest BCUT2D eigenvalue weighted by Crippen LogP contribution is -2.46. The highest BCUT2D eigenvalue weighted by Gasteiger charge is 2.27. The van der Waals surface area contributed by atoms with Crippen molar-refractivity contribution in [3.8, 4) is 0 Å². The van der Waals surface area contributed by atoms with Crippen LogP contribution >= 0.6 is 0 Å². The predicted octanol–water partition coefficient (Wildman–Crippen LogP) is 1.47. The van der Waals surface area contributed by atoms with Gasteiger partial charge in [0.1, 0.15) is 0 Å². The van der Waals surface area contributed by atoms with Crippen LogP contribution in [0.1, 0.15) is 32.6 Å². The first-order valence-electron chi connectivity index (χ1n) is 6.26. The third-order valence-electron chi connectivity index (χ3n) is 3.64. The van der Waals surface area contributed by atoms with Crippen molar-refractivity contribution in [1.29, 1.82) is 0 Å². The second kappa shape index (κ2) is 7.20. The minimum absolute atomic E-state index is 0.577. The van der Waals surface area contributed by atoms with Crippen molar-refractivity contribution in [2.24, 2.45) is 11.7 Å². The fraction of sp³-hybridized carbons (Fsp3) is 1.00. The molecule has 0 spiro atoms. The first-order valence-corrected chi connectivity index (χ1v) is 6.26. The van der Waals surface area contributed by atoms with E-state index in [1.165, 1.54) is 25.7 Å². The van der Waals surface area contributed by atoms with Crippen LogP contribution in [-0.2, 0) is 4.74 Å². The summed E-state index contributed by atoms with van der Waals surface area (Å²) in [5, 5.41) is 0. The SMILES string of the molecule is CCN(CCOC)C(CN)C1CCCC1. The highest BCUT2D eigenvalue weighted by atomic mass is 16.5. The summed E-state index contributed by atoms with van der Waals surface area (Å²) >= 11 is 0. The topological polar surface area (TPSA) is 38.5 Å². The highest BCUT2D eigenvalue weighted by molar-refractivity contribution is 4.83. The van der Waals surface area contributed by atoms with E-state index in [1.54, 1.807) is 7.11 Å². The van der Waals surface area contributed by atoms with Crippen LogP contribution in [0.5, 0.6) is 0 Å². The van der Waals surface area contributed by atoms with Gasteiger partial charge in [-0.15, -0.1) is 0 Å². The molecule has 3 heteroatoms. The molecule has 0 heterocycles. The van der Waals surface area contributed by atoms with Crippen molar-refractivity contribution in [1.82, 2.24) is 4.90 Å². The van der Waals surface area contributed by atoms with Gasteiger partial charge in [-0.2, -0.15) is 0 Å². The van der Waals surface area contributed by atoms with E-state index in [0.717, 1.165) is 32.2 Å². The molecular formula is C12H26N2O.